The highest BCUT2D eigenvalue weighted by Crippen LogP contribution is 2.37. The van der Waals surface area contributed by atoms with E-state index in [0.29, 0.717) is 11.5 Å². The molecule has 1 aliphatic carbocycles. The van der Waals surface area contributed by atoms with Crippen molar-refractivity contribution >= 4 is 5.97 Å². The van der Waals surface area contributed by atoms with Crippen molar-refractivity contribution in [2.45, 2.75) is 25.2 Å². The van der Waals surface area contributed by atoms with Crippen LogP contribution in [0.25, 0.3) is 11.1 Å². The molecule has 102 valence electrons. The highest BCUT2D eigenvalue weighted by molar-refractivity contribution is 5.96. The Balaban J connectivity index is 1.98. The molecule has 2 aromatic carbocycles. The molecule has 0 spiro atoms. The maximum atomic E-state index is 13.2. The Morgan fingerprint density at radius 3 is 2.35 bits per heavy atom. The zero-order valence-corrected chi connectivity index (χ0v) is 11.0. The molecule has 2 aromatic rings. The zero-order valence-electron chi connectivity index (χ0n) is 11.0. The molecule has 0 radical (unpaired) electrons. The van der Waals surface area contributed by atoms with Crippen molar-refractivity contribution in [3.63, 3.8) is 0 Å². The molecule has 0 unspecified atom stereocenters. The summed E-state index contributed by atoms with van der Waals surface area (Å²) in [5, 5.41) is 9.17. The van der Waals surface area contributed by atoms with E-state index in [1.165, 1.54) is 37.0 Å². The summed E-state index contributed by atoms with van der Waals surface area (Å²) in [6.07, 6.45) is 3.75. The Hall–Kier alpha value is -2.16. The first-order chi connectivity index (χ1) is 9.65. The lowest BCUT2D eigenvalue weighted by molar-refractivity contribution is 0.0697. The number of carboxylic acid groups (broad SMARTS) is 1. The van der Waals surface area contributed by atoms with Crippen LogP contribution in [0.2, 0.25) is 0 Å². The van der Waals surface area contributed by atoms with Crippen molar-refractivity contribution in [3.8, 4) is 11.1 Å². The van der Waals surface area contributed by atoms with Gasteiger partial charge in [-0.3, -0.25) is 0 Å². The Bertz CT molecular complexity index is 643. The van der Waals surface area contributed by atoms with Crippen molar-refractivity contribution in [3.05, 3.63) is 59.4 Å². The van der Waals surface area contributed by atoms with Crippen LogP contribution < -0.4 is 0 Å². The number of halogens is 1. The van der Waals surface area contributed by atoms with Gasteiger partial charge < -0.3 is 5.11 Å². The van der Waals surface area contributed by atoms with Gasteiger partial charge in [0.2, 0.25) is 0 Å². The number of hydrogen-bond donors (Lipinski definition) is 1. The van der Waals surface area contributed by atoms with Crippen molar-refractivity contribution in [2.24, 2.45) is 0 Å². The number of carboxylic acids is 1. The van der Waals surface area contributed by atoms with Gasteiger partial charge >= 0.3 is 5.97 Å². The lowest BCUT2D eigenvalue weighted by Crippen LogP contribution is -2.08. The number of hydrogen-bond acceptors (Lipinski definition) is 1. The van der Waals surface area contributed by atoms with Gasteiger partial charge in [-0.25, -0.2) is 9.18 Å². The van der Waals surface area contributed by atoms with E-state index in [9.17, 15) is 14.3 Å². The molecular weight excluding hydrogens is 255 g/mol. The molecule has 20 heavy (non-hydrogen) atoms. The van der Waals surface area contributed by atoms with E-state index >= 15 is 0 Å². The normalized spacial score (nSPS) is 14.8. The standard InChI is InChI=1S/C17H15FO2/c18-14-8-9-15(16(10-14)17(19)20)13-6-4-12(5-7-13)11-2-1-3-11/h4-11H,1-3H2,(H,19,20). The quantitative estimate of drug-likeness (QED) is 0.894. The SMILES string of the molecule is O=C(O)c1cc(F)ccc1-c1ccc(C2CCC2)cc1. The Kier molecular flexibility index (Phi) is 3.26. The van der Waals surface area contributed by atoms with Gasteiger partial charge in [0, 0.05) is 0 Å². The summed E-state index contributed by atoms with van der Waals surface area (Å²) in [4.78, 5) is 11.2. The first-order valence-electron chi connectivity index (χ1n) is 6.78. The molecule has 0 aromatic heterocycles. The maximum absolute atomic E-state index is 13.2. The van der Waals surface area contributed by atoms with E-state index in [1.807, 2.05) is 24.3 Å². The fraction of sp³-hybridized carbons (Fsp3) is 0.235. The van der Waals surface area contributed by atoms with Gasteiger partial charge in [0.15, 0.2) is 0 Å². The summed E-state index contributed by atoms with van der Waals surface area (Å²) < 4.78 is 13.2. The van der Waals surface area contributed by atoms with Crippen LogP contribution in [-0.2, 0) is 0 Å². The molecule has 1 fully saturated rings. The molecule has 1 aliphatic rings. The summed E-state index contributed by atoms with van der Waals surface area (Å²) in [5.41, 5.74) is 2.67. The number of carbonyl (C=O) groups is 1. The van der Waals surface area contributed by atoms with E-state index in [-0.39, 0.29) is 5.56 Å². The molecule has 1 saturated carbocycles. The molecule has 0 heterocycles. The van der Waals surface area contributed by atoms with Gasteiger partial charge in [-0.15, -0.1) is 0 Å². The monoisotopic (exact) mass is 270 g/mol. The van der Waals surface area contributed by atoms with Gasteiger partial charge in [-0.2, -0.15) is 0 Å². The predicted octanol–water partition coefficient (Wildman–Crippen LogP) is 4.46. The Morgan fingerprint density at radius 1 is 1.10 bits per heavy atom. The van der Waals surface area contributed by atoms with Crippen molar-refractivity contribution in [1.29, 1.82) is 0 Å². The molecule has 3 heteroatoms. The molecule has 0 saturated heterocycles. The van der Waals surface area contributed by atoms with Crippen LogP contribution in [0.4, 0.5) is 4.39 Å². The first kappa shape index (κ1) is 12.9. The third kappa shape index (κ3) is 2.31. The average Bonchev–Trinajstić information content (AvgIpc) is 2.38. The summed E-state index contributed by atoms with van der Waals surface area (Å²) in [6, 6.07) is 11.8. The zero-order chi connectivity index (χ0) is 14.1. The van der Waals surface area contributed by atoms with E-state index in [4.69, 9.17) is 0 Å². The van der Waals surface area contributed by atoms with Crippen molar-refractivity contribution in [2.75, 3.05) is 0 Å². The summed E-state index contributed by atoms with van der Waals surface area (Å²) in [5.74, 6) is -0.990. The van der Waals surface area contributed by atoms with Crippen molar-refractivity contribution < 1.29 is 14.3 Å². The largest absolute Gasteiger partial charge is 0.478 e. The molecule has 2 nitrogen and oxygen atoms in total. The first-order valence-corrected chi connectivity index (χ1v) is 6.78. The molecule has 0 atom stereocenters. The summed E-state index contributed by atoms with van der Waals surface area (Å²) in [6.45, 7) is 0. The third-order valence-electron chi connectivity index (χ3n) is 4.01. The Labute approximate surface area is 116 Å². The van der Waals surface area contributed by atoms with E-state index < -0.39 is 11.8 Å². The molecule has 0 amide bonds. The average molecular weight is 270 g/mol. The smallest absolute Gasteiger partial charge is 0.336 e. The number of rotatable bonds is 3. The number of benzene rings is 2. The van der Waals surface area contributed by atoms with E-state index in [0.717, 1.165) is 11.6 Å². The topological polar surface area (TPSA) is 37.3 Å². The maximum Gasteiger partial charge on any atom is 0.336 e. The van der Waals surface area contributed by atoms with Crippen LogP contribution in [-0.4, -0.2) is 11.1 Å². The lowest BCUT2D eigenvalue weighted by Gasteiger charge is -2.25. The Morgan fingerprint density at radius 2 is 1.80 bits per heavy atom. The molecule has 0 aliphatic heterocycles. The fourth-order valence-electron chi connectivity index (χ4n) is 2.62. The summed E-state index contributed by atoms with van der Waals surface area (Å²) >= 11 is 0. The minimum atomic E-state index is -1.11. The predicted molar refractivity (Wildman–Crippen MR) is 75.4 cm³/mol. The van der Waals surface area contributed by atoms with E-state index in [2.05, 4.69) is 0 Å². The van der Waals surface area contributed by atoms with Crippen LogP contribution in [0.5, 0.6) is 0 Å². The minimum absolute atomic E-state index is 0.00129. The molecular formula is C17H15FO2. The van der Waals surface area contributed by atoms with Crippen LogP contribution in [0, 0.1) is 5.82 Å². The van der Waals surface area contributed by atoms with Crippen LogP contribution in [0.15, 0.2) is 42.5 Å². The third-order valence-corrected chi connectivity index (χ3v) is 4.01. The number of aromatic carboxylic acids is 1. The second kappa shape index (κ2) is 5.08. The van der Waals surface area contributed by atoms with Gasteiger partial charge in [0.25, 0.3) is 0 Å². The van der Waals surface area contributed by atoms with Gasteiger partial charge in [0.05, 0.1) is 5.56 Å². The highest BCUT2D eigenvalue weighted by Gasteiger charge is 2.19. The second-order valence-corrected chi connectivity index (χ2v) is 5.24. The molecule has 0 bridgehead atoms. The van der Waals surface area contributed by atoms with E-state index in [1.54, 1.807) is 0 Å². The van der Waals surface area contributed by atoms with Crippen molar-refractivity contribution in [1.82, 2.24) is 0 Å². The van der Waals surface area contributed by atoms with Crippen LogP contribution in [0.3, 0.4) is 0 Å². The lowest BCUT2D eigenvalue weighted by atomic mass is 9.80. The molecule has 1 N–H and O–H groups in total. The highest BCUT2D eigenvalue weighted by atomic mass is 19.1. The van der Waals surface area contributed by atoms with Crippen LogP contribution in [0.1, 0.15) is 41.1 Å². The van der Waals surface area contributed by atoms with Gasteiger partial charge in [0.1, 0.15) is 5.82 Å². The minimum Gasteiger partial charge on any atom is -0.478 e. The molecule has 3 rings (SSSR count). The second-order valence-electron chi connectivity index (χ2n) is 5.24. The van der Waals surface area contributed by atoms with Crippen LogP contribution >= 0.6 is 0 Å². The van der Waals surface area contributed by atoms with Gasteiger partial charge in [-0.05, 0) is 47.6 Å². The fourth-order valence-corrected chi connectivity index (χ4v) is 2.62. The summed E-state index contributed by atoms with van der Waals surface area (Å²) in [7, 11) is 0. The van der Waals surface area contributed by atoms with Gasteiger partial charge in [-0.1, -0.05) is 36.8 Å².